The second-order valence-electron chi connectivity index (χ2n) is 9.06. The van der Waals surface area contributed by atoms with Gasteiger partial charge in [-0.15, -0.1) is 0 Å². The molecule has 2 aromatic carbocycles. The Labute approximate surface area is 197 Å². The summed E-state index contributed by atoms with van der Waals surface area (Å²) in [6, 6.07) is 13.0. The van der Waals surface area contributed by atoms with Crippen LogP contribution in [0.2, 0.25) is 0 Å². The minimum atomic E-state index is -1.04. The molecule has 2 atom stereocenters. The maximum absolute atomic E-state index is 12.7. The number of nitrogens with zero attached hydrogens (tertiary/aromatic N) is 1. The first-order chi connectivity index (χ1) is 15.6. The fourth-order valence-corrected chi connectivity index (χ4v) is 3.67. The molecule has 0 aromatic heterocycles. The van der Waals surface area contributed by atoms with Crippen LogP contribution >= 0.6 is 0 Å². The lowest BCUT2D eigenvalue weighted by molar-refractivity contribution is -0.173. The van der Waals surface area contributed by atoms with Crippen LogP contribution < -0.4 is 5.73 Å². The van der Waals surface area contributed by atoms with Crippen molar-refractivity contribution in [2.75, 3.05) is 19.8 Å². The average molecular weight is 459 g/mol. The van der Waals surface area contributed by atoms with Crippen LogP contribution in [0.5, 0.6) is 0 Å². The molecule has 2 unspecified atom stereocenters. The summed E-state index contributed by atoms with van der Waals surface area (Å²) in [5.74, 6) is -1.66. The van der Waals surface area contributed by atoms with Crippen LogP contribution in [0.1, 0.15) is 47.1 Å². The predicted molar refractivity (Wildman–Crippen MR) is 130 cm³/mol. The quantitative estimate of drug-likeness (QED) is 0.295. The summed E-state index contributed by atoms with van der Waals surface area (Å²) in [6.45, 7) is 12.6. The molecule has 0 aliphatic heterocycles. The number of carbonyl (C=O) groups is 2. The summed E-state index contributed by atoms with van der Waals surface area (Å²) >= 11 is 0. The summed E-state index contributed by atoms with van der Waals surface area (Å²) in [5, 5.41) is 2.25. The Hall–Kier alpha value is -2.32. The van der Waals surface area contributed by atoms with Crippen molar-refractivity contribution in [2.24, 2.45) is 5.73 Å². The monoisotopic (exact) mass is 458 g/mol. The molecular weight excluding hydrogens is 420 g/mol. The molecular formula is C26H38N2O5. The minimum absolute atomic E-state index is 0.152. The molecule has 0 fully saturated rings. The van der Waals surface area contributed by atoms with E-state index in [-0.39, 0.29) is 12.6 Å². The van der Waals surface area contributed by atoms with Crippen molar-refractivity contribution in [1.29, 1.82) is 0 Å². The fourth-order valence-electron chi connectivity index (χ4n) is 3.67. The van der Waals surface area contributed by atoms with Crippen molar-refractivity contribution in [3.8, 4) is 0 Å². The van der Waals surface area contributed by atoms with E-state index in [9.17, 15) is 9.59 Å². The maximum Gasteiger partial charge on any atom is 0.376 e. The van der Waals surface area contributed by atoms with E-state index in [4.69, 9.17) is 19.9 Å². The number of carbonyl (C=O) groups excluding carboxylic acids is 2. The molecule has 0 amide bonds. The highest BCUT2D eigenvalue weighted by atomic mass is 16.7. The summed E-state index contributed by atoms with van der Waals surface area (Å²) in [7, 11) is 0. The van der Waals surface area contributed by atoms with Crippen LogP contribution in [0.15, 0.2) is 42.5 Å². The normalized spacial score (nSPS) is 14.0. The lowest BCUT2D eigenvalue weighted by Gasteiger charge is -2.35. The van der Waals surface area contributed by atoms with Gasteiger partial charge < -0.3 is 19.9 Å². The van der Waals surface area contributed by atoms with Gasteiger partial charge in [-0.3, -0.25) is 9.69 Å². The van der Waals surface area contributed by atoms with Crippen molar-refractivity contribution in [1.82, 2.24) is 4.90 Å². The topological polar surface area (TPSA) is 91.1 Å². The predicted octanol–water partition coefficient (Wildman–Crippen LogP) is 3.67. The molecule has 0 heterocycles. The van der Waals surface area contributed by atoms with Gasteiger partial charge in [-0.25, -0.2) is 4.79 Å². The Bertz CT molecular complexity index is 913. The van der Waals surface area contributed by atoms with Gasteiger partial charge in [0.15, 0.2) is 6.29 Å². The number of benzene rings is 2. The van der Waals surface area contributed by atoms with Crippen LogP contribution in [0, 0.1) is 0 Å². The molecule has 0 bridgehead atoms. The van der Waals surface area contributed by atoms with Gasteiger partial charge in [0.1, 0.15) is 5.60 Å². The molecule has 2 aromatic rings. The van der Waals surface area contributed by atoms with Crippen LogP contribution in [0.4, 0.5) is 0 Å². The lowest BCUT2D eigenvalue weighted by Crippen LogP contribution is -2.52. The first-order valence-corrected chi connectivity index (χ1v) is 11.5. The lowest BCUT2D eigenvalue weighted by atomic mass is 10.0. The van der Waals surface area contributed by atoms with Crippen molar-refractivity contribution in [3.63, 3.8) is 0 Å². The van der Waals surface area contributed by atoms with E-state index in [1.807, 2.05) is 43.9 Å². The Kier molecular flexibility index (Phi) is 9.98. The summed E-state index contributed by atoms with van der Waals surface area (Å²) in [4.78, 5) is 27.0. The van der Waals surface area contributed by atoms with Crippen molar-refractivity contribution in [3.05, 3.63) is 48.0 Å². The molecule has 33 heavy (non-hydrogen) atoms. The van der Waals surface area contributed by atoms with E-state index in [1.54, 1.807) is 20.8 Å². The third-order valence-corrected chi connectivity index (χ3v) is 5.25. The van der Waals surface area contributed by atoms with E-state index < -0.39 is 29.7 Å². The SMILES string of the molecule is CCOC(OCC)C(C)N(Cc1cccc2ccccc12)CC(N)C(=O)C(=O)OC(C)(C)C. The van der Waals surface area contributed by atoms with E-state index in [2.05, 4.69) is 24.3 Å². The number of ketones is 1. The van der Waals surface area contributed by atoms with Crippen molar-refractivity contribution >= 4 is 22.5 Å². The van der Waals surface area contributed by atoms with Crippen molar-refractivity contribution < 1.29 is 23.8 Å². The first-order valence-electron chi connectivity index (χ1n) is 11.5. The Balaban J connectivity index is 2.31. The van der Waals surface area contributed by atoms with E-state index in [0.717, 1.165) is 16.3 Å². The van der Waals surface area contributed by atoms with Crippen molar-refractivity contribution in [2.45, 2.75) is 72.1 Å². The zero-order valence-corrected chi connectivity index (χ0v) is 20.7. The van der Waals surface area contributed by atoms with Crippen LogP contribution in [0.25, 0.3) is 10.8 Å². The van der Waals surface area contributed by atoms with Crippen LogP contribution in [-0.4, -0.2) is 60.4 Å². The number of hydrogen-bond acceptors (Lipinski definition) is 7. The molecule has 0 aliphatic rings. The van der Waals surface area contributed by atoms with E-state index in [1.165, 1.54) is 0 Å². The summed E-state index contributed by atoms with van der Waals surface area (Å²) in [6.07, 6.45) is -0.501. The second-order valence-corrected chi connectivity index (χ2v) is 9.06. The van der Waals surface area contributed by atoms with Gasteiger partial charge in [0.2, 0.25) is 0 Å². The molecule has 0 radical (unpaired) electrons. The van der Waals surface area contributed by atoms with Gasteiger partial charge in [-0.2, -0.15) is 0 Å². The standard InChI is InChI=1S/C26H38N2O5/c1-7-31-25(32-8-2)18(3)28(17-22(27)23(29)24(30)33-26(4,5)6)16-20-14-11-13-19-12-9-10-15-21(19)20/h9-15,18,22,25H,7-8,16-17,27H2,1-6H3. The van der Waals surface area contributed by atoms with Gasteiger partial charge in [0, 0.05) is 26.3 Å². The summed E-state index contributed by atoms with van der Waals surface area (Å²) in [5.41, 5.74) is 6.54. The maximum atomic E-state index is 12.7. The van der Waals surface area contributed by atoms with Gasteiger partial charge in [0.25, 0.3) is 5.78 Å². The van der Waals surface area contributed by atoms with Gasteiger partial charge in [0.05, 0.1) is 12.1 Å². The molecule has 2 rings (SSSR count). The third-order valence-electron chi connectivity index (χ3n) is 5.25. The first kappa shape index (κ1) is 26.9. The zero-order valence-electron chi connectivity index (χ0n) is 20.7. The highest BCUT2D eigenvalue weighted by Gasteiger charge is 2.32. The van der Waals surface area contributed by atoms with Crippen LogP contribution in [0.3, 0.4) is 0 Å². The average Bonchev–Trinajstić information content (AvgIpc) is 2.76. The highest BCUT2D eigenvalue weighted by Crippen LogP contribution is 2.22. The van der Waals surface area contributed by atoms with Gasteiger partial charge >= 0.3 is 5.97 Å². The van der Waals surface area contributed by atoms with Gasteiger partial charge in [-0.1, -0.05) is 42.5 Å². The molecule has 182 valence electrons. The summed E-state index contributed by atoms with van der Waals surface area (Å²) < 4.78 is 16.9. The number of rotatable bonds is 12. The Morgan fingerprint density at radius 1 is 1.00 bits per heavy atom. The number of fused-ring (bicyclic) bond motifs is 1. The van der Waals surface area contributed by atoms with E-state index in [0.29, 0.717) is 19.8 Å². The molecule has 7 nitrogen and oxygen atoms in total. The number of hydrogen-bond donors (Lipinski definition) is 1. The molecule has 0 saturated heterocycles. The van der Waals surface area contributed by atoms with E-state index >= 15 is 0 Å². The third kappa shape index (κ3) is 7.89. The molecule has 0 spiro atoms. The van der Waals surface area contributed by atoms with Gasteiger partial charge in [-0.05, 0) is 57.9 Å². The number of esters is 1. The largest absolute Gasteiger partial charge is 0.454 e. The fraction of sp³-hybridized carbons (Fsp3) is 0.538. The smallest absolute Gasteiger partial charge is 0.376 e. The number of ether oxygens (including phenoxy) is 3. The Morgan fingerprint density at radius 3 is 2.21 bits per heavy atom. The number of nitrogens with two attached hydrogens (primary N) is 1. The molecule has 2 N–H and O–H groups in total. The Morgan fingerprint density at radius 2 is 1.61 bits per heavy atom. The molecule has 7 heteroatoms. The molecule has 0 saturated carbocycles. The second kappa shape index (κ2) is 12.2. The highest BCUT2D eigenvalue weighted by molar-refractivity contribution is 6.35. The number of Topliss-reactive ketones (excluding diaryl/α,β-unsaturated/α-hetero) is 1. The van der Waals surface area contributed by atoms with Crippen LogP contribution in [-0.2, 0) is 30.3 Å². The zero-order chi connectivity index (χ0) is 24.6. The minimum Gasteiger partial charge on any atom is -0.454 e. The molecule has 0 aliphatic carbocycles.